The van der Waals surface area contributed by atoms with Crippen LogP contribution in [-0.4, -0.2) is 30.4 Å². The number of nitrogens with zero attached hydrogens (tertiary/aromatic N) is 1. The van der Waals surface area contributed by atoms with E-state index in [0.717, 1.165) is 40.8 Å². The van der Waals surface area contributed by atoms with E-state index in [1.54, 1.807) is 0 Å². The fourth-order valence-corrected chi connectivity index (χ4v) is 3.72. The summed E-state index contributed by atoms with van der Waals surface area (Å²) in [6.45, 7) is 5.53. The van der Waals surface area contributed by atoms with Gasteiger partial charge >= 0.3 is 0 Å². The summed E-state index contributed by atoms with van der Waals surface area (Å²) in [5.74, 6) is 0.516. The highest BCUT2D eigenvalue weighted by atomic mass is 32.1. The minimum atomic E-state index is 0.183. The first-order chi connectivity index (χ1) is 10.1. The number of nitrogens with one attached hydrogen (secondary N) is 1. The molecule has 1 atom stereocenters. The Morgan fingerprint density at radius 2 is 2.19 bits per heavy atom. The Morgan fingerprint density at radius 1 is 1.43 bits per heavy atom. The van der Waals surface area contributed by atoms with E-state index in [2.05, 4.69) is 37.0 Å². The number of thiophene rings is 1. The van der Waals surface area contributed by atoms with Crippen molar-refractivity contribution in [2.24, 2.45) is 5.73 Å². The maximum atomic E-state index is 10.8. The van der Waals surface area contributed by atoms with E-state index < -0.39 is 0 Å². The molecule has 3 heterocycles. The summed E-state index contributed by atoms with van der Waals surface area (Å²) in [6.07, 6.45) is 3.14. The quantitative estimate of drug-likeness (QED) is 0.837. The van der Waals surface area contributed by atoms with Gasteiger partial charge in [-0.1, -0.05) is 6.07 Å². The summed E-state index contributed by atoms with van der Waals surface area (Å²) in [5.41, 5.74) is 5.85. The number of aldehydes is 1. The Kier molecular flexibility index (Phi) is 5.08. The fraction of sp³-hybridized carbons (Fsp3) is 0.500. The predicted molar refractivity (Wildman–Crippen MR) is 89.2 cm³/mol. The van der Waals surface area contributed by atoms with Crippen molar-refractivity contribution < 1.29 is 4.79 Å². The molecule has 5 heteroatoms. The van der Waals surface area contributed by atoms with Gasteiger partial charge in [-0.3, -0.25) is 4.79 Å². The van der Waals surface area contributed by atoms with Crippen LogP contribution in [0, 0.1) is 0 Å². The van der Waals surface area contributed by atoms with E-state index in [9.17, 15) is 4.79 Å². The molecule has 0 amide bonds. The summed E-state index contributed by atoms with van der Waals surface area (Å²) in [7, 11) is 1.50. The molecule has 21 heavy (non-hydrogen) atoms. The van der Waals surface area contributed by atoms with Crippen LogP contribution >= 0.6 is 11.3 Å². The van der Waals surface area contributed by atoms with Crippen LogP contribution in [0.4, 0.5) is 0 Å². The molecule has 2 aromatic heterocycles. The van der Waals surface area contributed by atoms with Crippen molar-refractivity contribution >= 4 is 27.8 Å². The third-order valence-electron chi connectivity index (χ3n) is 3.81. The van der Waals surface area contributed by atoms with Gasteiger partial charge in [0.15, 0.2) is 6.29 Å². The molecule has 3 rings (SSSR count). The molecule has 1 fully saturated rings. The molecule has 0 saturated carbocycles. The van der Waals surface area contributed by atoms with Gasteiger partial charge in [-0.25, -0.2) is 4.98 Å². The summed E-state index contributed by atoms with van der Waals surface area (Å²) in [5, 5.41) is 4.61. The van der Waals surface area contributed by atoms with Crippen molar-refractivity contribution in [2.45, 2.75) is 38.1 Å². The topological polar surface area (TPSA) is 68.0 Å². The number of hydrogen-bond donors (Lipinski definition) is 2. The number of rotatable bonds is 2. The second-order valence-corrected chi connectivity index (χ2v) is 6.96. The molecule has 114 valence electrons. The van der Waals surface area contributed by atoms with E-state index in [1.165, 1.54) is 24.1 Å². The van der Waals surface area contributed by atoms with E-state index in [0.29, 0.717) is 5.92 Å². The number of carbonyl (C=O) groups is 1. The largest absolute Gasteiger partial charge is 0.333 e. The summed E-state index contributed by atoms with van der Waals surface area (Å²) in [4.78, 5) is 17.3. The lowest BCUT2D eigenvalue weighted by Gasteiger charge is -2.36. The molecule has 0 aliphatic carbocycles. The first kappa shape index (κ1) is 16.1. The Bertz CT molecular complexity index is 621. The lowest BCUT2D eigenvalue weighted by molar-refractivity contribution is 0.112. The average molecular weight is 305 g/mol. The zero-order chi connectivity index (χ0) is 15.5. The van der Waals surface area contributed by atoms with Crippen LogP contribution in [0.3, 0.4) is 0 Å². The van der Waals surface area contributed by atoms with Crippen LogP contribution < -0.4 is 11.1 Å². The maximum Gasteiger partial charge on any atom is 0.160 e. The molecule has 0 radical (unpaired) electrons. The average Bonchev–Trinajstić information content (AvgIpc) is 2.90. The first-order valence-electron chi connectivity index (χ1n) is 7.26. The van der Waals surface area contributed by atoms with Crippen LogP contribution in [0.15, 0.2) is 18.2 Å². The second-order valence-electron chi connectivity index (χ2n) is 5.90. The van der Waals surface area contributed by atoms with Gasteiger partial charge in [0.05, 0.1) is 4.88 Å². The SMILES string of the molecule is CC1(C)CC(c2ccc3cc(C=O)sc3n2)CCN1.CN. The molecular weight excluding hydrogens is 282 g/mol. The maximum absolute atomic E-state index is 10.8. The number of piperidine rings is 1. The predicted octanol–water partition coefficient (Wildman–Crippen LogP) is 2.93. The Labute approximate surface area is 129 Å². The lowest BCUT2D eigenvalue weighted by atomic mass is 9.82. The first-order valence-corrected chi connectivity index (χ1v) is 8.07. The van der Waals surface area contributed by atoms with Gasteiger partial charge in [-0.2, -0.15) is 0 Å². The molecule has 4 nitrogen and oxygen atoms in total. The van der Waals surface area contributed by atoms with Crippen LogP contribution in [-0.2, 0) is 0 Å². The molecule has 0 aromatic carbocycles. The van der Waals surface area contributed by atoms with Gasteiger partial charge in [0.1, 0.15) is 4.83 Å². The standard InChI is InChI=1S/C15H18N2OS.CH5N/c1-15(2)8-11(5-6-16-15)13-4-3-10-7-12(9-18)19-14(10)17-13;1-2/h3-4,7,9,11,16H,5-6,8H2,1-2H3;2H2,1H3. The minimum Gasteiger partial charge on any atom is -0.333 e. The molecule has 1 saturated heterocycles. The van der Waals surface area contributed by atoms with Gasteiger partial charge in [0.2, 0.25) is 0 Å². The monoisotopic (exact) mass is 305 g/mol. The van der Waals surface area contributed by atoms with E-state index in [1.807, 2.05) is 6.07 Å². The highest BCUT2D eigenvalue weighted by Crippen LogP contribution is 2.33. The van der Waals surface area contributed by atoms with Gasteiger partial charge < -0.3 is 11.1 Å². The normalized spacial score (nSPS) is 20.7. The number of hydrogen-bond acceptors (Lipinski definition) is 5. The van der Waals surface area contributed by atoms with E-state index >= 15 is 0 Å². The summed E-state index contributed by atoms with van der Waals surface area (Å²) >= 11 is 1.48. The molecule has 0 bridgehead atoms. The fourth-order valence-electron chi connectivity index (χ4n) is 2.86. The van der Waals surface area contributed by atoms with Gasteiger partial charge in [-0.05, 0) is 52.4 Å². The molecule has 0 spiro atoms. The molecular formula is C16H23N3OS. The molecule has 3 N–H and O–H groups in total. The molecule has 1 unspecified atom stereocenters. The Balaban J connectivity index is 0.000000774. The van der Waals surface area contributed by atoms with Crippen LogP contribution in [0.25, 0.3) is 10.2 Å². The van der Waals surface area contributed by atoms with E-state index in [4.69, 9.17) is 4.98 Å². The van der Waals surface area contributed by atoms with E-state index in [-0.39, 0.29) is 5.54 Å². The highest BCUT2D eigenvalue weighted by Gasteiger charge is 2.29. The highest BCUT2D eigenvalue weighted by molar-refractivity contribution is 7.20. The van der Waals surface area contributed by atoms with Crippen LogP contribution in [0.5, 0.6) is 0 Å². The Morgan fingerprint density at radius 3 is 2.86 bits per heavy atom. The zero-order valence-corrected chi connectivity index (χ0v) is 13.7. The number of aromatic nitrogens is 1. The lowest BCUT2D eigenvalue weighted by Crippen LogP contribution is -2.45. The van der Waals surface area contributed by atoms with Gasteiger partial charge in [-0.15, -0.1) is 11.3 Å². The third kappa shape index (κ3) is 3.67. The minimum absolute atomic E-state index is 0.183. The van der Waals surface area contributed by atoms with Crippen molar-refractivity contribution in [3.63, 3.8) is 0 Å². The number of fused-ring (bicyclic) bond motifs is 1. The summed E-state index contributed by atoms with van der Waals surface area (Å²) in [6, 6.07) is 6.13. The van der Waals surface area contributed by atoms with Crippen molar-refractivity contribution in [3.8, 4) is 0 Å². The second kappa shape index (κ2) is 6.64. The van der Waals surface area contributed by atoms with Crippen LogP contribution in [0.2, 0.25) is 0 Å². The third-order valence-corrected chi connectivity index (χ3v) is 4.78. The zero-order valence-electron chi connectivity index (χ0n) is 12.8. The van der Waals surface area contributed by atoms with Gasteiger partial charge in [0, 0.05) is 22.5 Å². The van der Waals surface area contributed by atoms with Crippen molar-refractivity contribution in [2.75, 3.05) is 13.6 Å². The number of nitrogens with two attached hydrogens (primary N) is 1. The molecule has 2 aromatic rings. The number of pyridine rings is 1. The van der Waals surface area contributed by atoms with Crippen molar-refractivity contribution in [1.29, 1.82) is 0 Å². The number of carbonyl (C=O) groups excluding carboxylic acids is 1. The van der Waals surface area contributed by atoms with Gasteiger partial charge in [0.25, 0.3) is 0 Å². The van der Waals surface area contributed by atoms with Crippen molar-refractivity contribution in [3.05, 3.63) is 28.8 Å². The smallest absolute Gasteiger partial charge is 0.160 e. The van der Waals surface area contributed by atoms with Crippen molar-refractivity contribution in [1.82, 2.24) is 10.3 Å². The molecule has 1 aliphatic heterocycles. The molecule has 1 aliphatic rings. The summed E-state index contributed by atoms with van der Waals surface area (Å²) < 4.78 is 0. The van der Waals surface area contributed by atoms with Crippen LogP contribution in [0.1, 0.15) is 48.0 Å². The Hall–Kier alpha value is -1.30.